The second-order valence-corrected chi connectivity index (χ2v) is 5.89. The fourth-order valence-electron chi connectivity index (χ4n) is 2.81. The first-order chi connectivity index (χ1) is 8.99. The van der Waals surface area contributed by atoms with Crippen molar-refractivity contribution in [3.63, 3.8) is 0 Å². The van der Waals surface area contributed by atoms with Crippen LogP contribution in [0.4, 0.5) is 0 Å². The zero-order valence-electron chi connectivity index (χ0n) is 12.0. The van der Waals surface area contributed by atoms with Crippen LogP contribution in [0, 0.1) is 5.92 Å². The summed E-state index contributed by atoms with van der Waals surface area (Å²) in [6, 6.07) is -0.0412. The number of amides is 1. The molecule has 1 saturated heterocycles. The zero-order chi connectivity index (χ0) is 14.0. The van der Waals surface area contributed by atoms with Gasteiger partial charge in [0.1, 0.15) is 0 Å². The molecule has 2 unspecified atom stereocenters. The number of carbonyl (C=O) groups is 1. The van der Waals surface area contributed by atoms with Gasteiger partial charge in [-0.15, -0.1) is 0 Å². The van der Waals surface area contributed by atoms with Gasteiger partial charge < -0.3 is 10.6 Å². The number of likely N-dealkylation sites (tertiary alicyclic amines) is 1. The molecule has 106 valence electrons. The molecule has 0 spiro atoms. The summed E-state index contributed by atoms with van der Waals surface area (Å²) < 4.78 is 1.77. The highest BCUT2D eigenvalue weighted by molar-refractivity contribution is 5.77. The van der Waals surface area contributed by atoms with Gasteiger partial charge in [0.05, 0.1) is 12.2 Å². The normalized spacial score (nSPS) is 24.9. The van der Waals surface area contributed by atoms with Crippen molar-refractivity contribution in [3.05, 3.63) is 18.0 Å². The van der Waals surface area contributed by atoms with Crippen LogP contribution in [0.15, 0.2) is 12.4 Å². The van der Waals surface area contributed by atoms with Crippen LogP contribution in [0.2, 0.25) is 0 Å². The lowest BCUT2D eigenvalue weighted by molar-refractivity contribution is -0.133. The van der Waals surface area contributed by atoms with Crippen molar-refractivity contribution < 1.29 is 4.79 Å². The van der Waals surface area contributed by atoms with Gasteiger partial charge in [-0.05, 0) is 18.8 Å². The topological polar surface area (TPSA) is 64.2 Å². The largest absolute Gasteiger partial charge is 0.334 e. The molecule has 1 aliphatic rings. The second-order valence-electron chi connectivity index (χ2n) is 5.89. The first-order valence-corrected chi connectivity index (χ1v) is 7.02. The van der Waals surface area contributed by atoms with Crippen molar-refractivity contribution >= 4 is 5.91 Å². The van der Waals surface area contributed by atoms with Gasteiger partial charge in [0.25, 0.3) is 0 Å². The minimum absolute atomic E-state index is 0.00519. The molecule has 2 atom stereocenters. The lowest BCUT2D eigenvalue weighted by Gasteiger charge is -2.34. The Morgan fingerprint density at radius 2 is 2.26 bits per heavy atom. The van der Waals surface area contributed by atoms with E-state index in [1.165, 1.54) is 0 Å². The van der Waals surface area contributed by atoms with Crippen LogP contribution in [0.3, 0.4) is 0 Å². The average Bonchev–Trinajstić information content (AvgIpc) is 2.68. The third kappa shape index (κ3) is 3.15. The summed E-state index contributed by atoms with van der Waals surface area (Å²) in [4.78, 5) is 14.3. The predicted molar refractivity (Wildman–Crippen MR) is 74.3 cm³/mol. The average molecular weight is 264 g/mol. The molecule has 2 heterocycles. The highest BCUT2D eigenvalue weighted by atomic mass is 16.2. The van der Waals surface area contributed by atoms with Gasteiger partial charge in [0, 0.05) is 37.8 Å². The third-order valence-electron chi connectivity index (χ3n) is 3.62. The number of nitrogens with zero attached hydrogens (tertiary/aromatic N) is 3. The van der Waals surface area contributed by atoms with Crippen LogP contribution in [0.25, 0.3) is 0 Å². The second kappa shape index (κ2) is 5.74. The molecule has 0 bridgehead atoms. The molecule has 1 aliphatic heterocycles. The van der Waals surface area contributed by atoms with Crippen molar-refractivity contribution in [2.75, 3.05) is 6.54 Å². The van der Waals surface area contributed by atoms with Crippen LogP contribution in [0.1, 0.15) is 44.7 Å². The van der Waals surface area contributed by atoms with E-state index >= 15 is 0 Å². The van der Waals surface area contributed by atoms with Crippen molar-refractivity contribution in [1.82, 2.24) is 14.7 Å². The minimum Gasteiger partial charge on any atom is -0.334 e. The Labute approximate surface area is 114 Å². The lowest BCUT2D eigenvalue weighted by atomic mass is 9.98. The molecule has 1 aromatic heterocycles. The Hall–Kier alpha value is -1.36. The van der Waals surface area contributed by atoms with Crippen LogP contribution >= 0.6 is 0 Å². The lowest BCUT2D eigenvalue weighted by Crippen LogP contribution is -2.43. The Kier molecular flexibility index (Phi) is 4.24. The Bertz CT molecular complexity index is 440. The number of carbonyl (C=O) groups excluding carboxylic acids is 1. The smallest absolute Gasteiger partial charge is 0.223 e. The molecule has 0 aromatic carbocycles. The van der Waals surface area contributed by atoms with E-state index in [0.29, 0.717) is 12.3 Å². The highest BCUT2D eigenvalue weighted by Gasteiger charge is 2.33. The van der Waals surface area contributed by atoms with E-state index in [4.69, 9.17) is 5.73 Å². The van der Waals surface area contributed by atoms with Crippen molar-refractivity contribution in [2.24, 2.45) is 18.7 Å². The molecular formula is C14H24N4O. The van der Waals surface area contributed by atoms with Crippen LogP contribution in [-0.4, -0.2) is 33.2 Å². The predicted octanol–water partition coefficient (Wildman–Crippen LogP) is 1.46. The number of hydrogen-bond donors (Lipinski definition) is 1. The van der Waals surface area contributed by atoms with Crippen molar-refractivity contribution in [3.8, 4) is 0 Å². The van der Waals surface area contributed by atoms with E-state index < -0.39 is 0 Å². The molecule has 2 N–H and O–H groups in total. The van der Waals surface area contributed by atoms with Gasteiger partial charge in [0.15, 0.2) is 0 Å². The summed E-state index contributed by atoms with van der Waals surface area (Å²) >= 11 is 0. The van der Waals surface area contributed by atoms with E-state index in [0.717, 1.165) is 24.9 Å². The molecule has 19 heavy (non-hydrogen) atoms. The molecule has 5 nitrogen and oxygen atoms in total. The highest BCUT2D eigenvalue weighted by Crippen LogP contribution is 2.30. The maximum Gasteiger partial charge on any atom is 0.223 e. The summed E-state index contributed by atoms with van der Waals surface area (Å²) in [6.45, 7) is 5.01. The molecule has 5 heteroatoms. The van der Waals surface area contributed by atoms with Gasteiger partial charge in [-0.2, -0.15) is 5.10 Å². The Morgan fingerprint density at radius 3 is 2.84 bits per heavy atom. The number of rotatable bonds is 3. The maximum absolute atomic E-state index is 12.3. The van der Waals surface area contributed by atoms with Gasteiger partial charge in [-0.3, -0.25) is 9.48 Å². The standard InChI is InChI=1S/C14H24N4O/c1-10(2)8-18-13(19)6-4-5-12(15)14(18)11-7-16-17(3)9-11/h7,9-10,12,14H,4-6,8,15H2,1-3H3. The fourth-order valence-corrected chi connectivity index (χ4v) is 2.81. The zero-order valence-corrected chi connectivity index (χ0v) is 12.0. The summed E-state index contributed by atoms with van der Waals surface area (Å²) in [5.41, 5.74) is 7.36. The first kappa shape index (κ1) is 14.1. The molecule has 1 amide bonds. The van der Waals surface area contributed by atoms with E-state index in [-0.39, 0.29) is 18.0 Å². The summed E-state index contributed by atoms with van der Waals surface area (Å²) in [7, 11) is 1.89. The number of aromatic nitrogens is 2. The van der Waals surface area contributed by atoms with Gasteiger partial charge in [-0.25, -0.2) is 0 Å². The van der Waals surface area contributed by atoms with E-state index in [9.17, 15) is 4.79 Å². The quantitative estimate of drug-likeness (QED) is 0.899. The SMILES string of the molecule is CC(C)CN1C(=O)CCCC(N)C1c1cnn(C)c1. The van der Waals surface area contributed by atoms with Crippen LogP contribution in [0.5, 0.6) is 0 Å². The number of aryl methyl sites for hydroxylation is 1. The molecule has 0 radical (unpaired) electrons. The van der Waals surface area contributed by atoms with E-state index in [1.54, 1.807) is 4.68 Å². The minimum atomic E-state index is -0.0360. The number of nitrogens with two attached hydrogens (primary N) is 1. The molecule has 1 aromatic rings. The summed E-state index contributed by atoms with van der Waals surface area (Å²) in [5.74, 6) is 0.656. The van der Waals surface area contributed by atoms with Crippen LogP contribution < -0.4 is 5.73 Å². The molecule has 0 saturated carbocycles. The van der Waals surface area contributed by atoms with Gasteiger partial charge >= 0.3 is 0 Å². The molecule has 0 aliphatic carbocycles. The Balaban J connectivity index is 2.33. The van der Waals surface area contributed by atoms with Gasteiger partial charge in [0.2, 0.25) is 5.91 Å². The molecular weight excluding hydrogens is 240 g/mol. The summed E-state index contributed by atoms with van der Waals surface area (Å²) in [6.07, 6.45) is 6.18. The van der Waals surface area contributed by atoms with Crippen molar-refractivity contribution in [2.45, 2.75) is 45.2 Å². The van der Waals surface area contributed by atoms with Crippen molar-refractivity contribution in [1.29, 1.82) is 0 Å². The molecule has 1 fully saturated rings. The van der Waals surface area contributed by atoms with E-state index in [1.807, 2.05) is 24.3 Å². The fraction of sp³-hybridized carbons (Fsp3) is 0.714. The first-order valence-electron chi connectivity index (χ1n) is 7.02. The van der Waals surface area contributed by atoms with Gasteiger partial charge in [-0.1, -0.05) is 13.8 Å². The monoisotopic (exact) mass is 264 g/mol. The number of hydrogen-bond acceptors (Lipinski definition) is 3. The Morgan fingerprint density at radius 1 is 1.53 bits per heavy atom. The maximum atomic E-state index is 12.3. The summed E-state index contributed by atoms with van der Waals surface area (Å²) in [5, 5.41) is 4.22. The molecule has 2 rings (SSSR count). The van der Waals surface area contributed by atoms with E-state index in [2.05, 4.69) is 18.9 Å². The van der Waals surface area contributed by atoms with Crippen LogP contribution in [-0.2, 0) is 11.8 Å². The third-order valence-corrected chi connectivity index (χ3v) is 3.62.